The number of ether oxygens (including phenoxy) is 2. The van der Waals surface area contributed by atoms with E-state index in [0.717, 1.165) is 11.3 Å². The summed E-state index contributed by atoms with van der Waals surface area (Å²) in [6.07, 6.45) is 1.66. The molecule has 0 spiro atoms. The van der Waals surface area contributed by atoms with E-state index in [-0.39, 0.29) is 11.3 Å². The molecule has 3 aromatic carbocycles. The van der Waals surface area contributed by atoms with E-state index in [4.69, 9.17) is 9.47 Å². The highest BCUT2D eigenvalue weighted by molar-refractivity contribution is 5.94. The van der Waals surface area contributed by atoms with E-state index in [1.54, 1.807) is 42.6 Å². The molecule has 6 nitrogen and oxygen atoms in total. The van der Waals surface area contributed by atoms with Gasteiger partial charge in [-0.2, -0.15) is 5.10 Å². The smallest absolute Gasteiger partial charge is 0.347 e. The van der Waals surface area contributed by atoms with E-state index in [0.29, 0.717) is 5.75 Å². The first-order chi connectivity index (χ1) is 13.6. The number of nitrogens with zero attached hydrogens (tertiary/aromatic N) is 1. The monoisotopic (exact) mass is 374 g/mol. The summed E-state index contributed by atoms with van der Waals surface area (Å²) in [7, 11) is 0. The topological polar surface area (TPSA) is 77.0 Å². The van der Waals surface area contributed by atoms with Gasteiger partial charge in [0.25, 0.3) is 0 Å². The molecule has 3 aromatic rings. The Morgan fingerprint density at radius 3 is 2.25 bits per heavy atom. The molecule has 140 valence electrons. The van der Waals surface area contributed by atoms with Crippen molar-refractivity contribution in [3.63, 3.8) is 0 Å². The zero-order valence-electron chi connectivity index (χ0n) is 15.2. The number of benzene rings is 3. The maximum Gasteiger partial charge on any atom is 0.347 e. The van der Waals surface area contributed by atoms with Gasteiger partial charge >= 0.3 is 11.9 Å². The zero-order chi connectivity index (χ0) is 19.8. The predicted molar refractivity (Wildman–Crippen MR) is 107 cm³/mol. The minimum absolute atomic E-state index is 0.163. The van der Waals surface area contributed by atoms with Crippen molar-refractivity contribution >= 4 is 23.8 Å². The van der Waals surface area contributed by atoms with Crippen molar-refractivity contribution < 1.29 is 19.1 Å². The Bertz CT molecular complexity index is 983. The quantitative estimate of drug-likeness (QED) is 0.302. The lowest BCUT2D eigenvalue weighted by Gasteiger charge is -2.08. The maximum absolute atomic E-state index is 12.4. The average molecular weight is 374 g/mol. The number of nitrogens with one attached hydrogen (secondary N) is 1. The number of hydrogen-bond donors (Lipinski definition) is 1. The molecule has 6 heteroatoms. The molecule has 0 saturated carbocycles. The first-order valence-electron chi connectivity index (χ1n) is 8.55. The van der Waals surface area contributed by atoms with E-state index in [2.05, 4.69) is 10.5 Å². The Balaban J connectivity index is 1.63. The molecule has 0 heterocycles. The molecule has 0 aliphatic heterocycles. The zero-order valence-corrected chi connectivity index (χ0v) is 15.2. The Kier molecular flexibility index (Phi) is 6.15. The van der Waals surface area contributed by atoms with E-state index in [1.165, 1.54) is 19.1 Å². The van der Waals surface area contributed by atoms with Crippen molar-refractivity contribution in [3.8, 4) is 11.5 Å². The molecular formula is C22H18N2O4. The SMILES string of the molecule is CC(=O)Oc1ccccc1C(=O)Oc1ccc(/C=N\Nc2ccccc2)cc1. The van der Waals surface area contributed by atoms with Gasteiger partial charge in [0.2, 0.25) is 0 Å². The van der Waals surface area contributed by atoms with E-state index in [1.807, 2.05) is 30.3 Å². The molecule has 0 saturated heterocycles. The van der Waals surface area contributed by atoms with Crippen LogP contribution in [0.2, 0.25) is 0 Å². The van der Waals surface area contributed by atoms with E-state index < -0.39 is 11.9 Å². The minimum Gasteiger partial charge on any atom is -0.426 e. The number of anilines is 1. The van der Waals surface area contributed by atoms with Gasteiger partial charge in [0, 0.05) is 6.92 Å². The van der Waals surface area contributed by atoms with Crippen molar-refractivity contribution in [2.45, 2.75) is 6.92 Å². The van der Waals surface area contributed by atoms with Crippen LogP contribution in [0.3, 0.4) is 0 Å². The highest BCUT2D eigenvalue weighted by Crippen LogP contribution is 2.21. The lowest BCUT2D eigenvalue weighted by Crippen LogP contribution is -2.12. The second-order valence-electron chi connectivity index (χ2n) is 5.78. The largest absolute Gasteiger partial charge is 0.426 e. The summed E-state index contributed by atoms with van der Waals surface area (Å²) >= 11 is 0. The summed E-state index contributed by atoms with van der Waals surface area (Å²) in [6, 6.07) is 22.9. The molecule has 3 rings (SSSR count). The van der Waals surface area contributed by atoms with Gasteiger partial charge in [0.05, 0.1) is 11.9 Å². The van der Waals surface area contributed by atoms with Gasteiger partial charge in [-0.3, -0.25) is 10.2 Å². The minimum atomic E-state index is -0.607. The molecule has 0 unspecified atom stereocenters. The van der Waals surface area contributed by atoms with Gasteiger partial charge in [-0.25, -0.2) is 4.79 Å². The number of esters is 2. The molecule has 0 radical (unpaired) electrons. The van der Waals surface area contributed by atoms with Crippen molar-refractivity contribution in [1.82, 2.24) is 0 Å². The first kappa shape index (κ1) is 18.8. The summed E-state index contributed by atoms with van der Waals surface area (Å²) in [5, 5.41) is 4.16. The number of hydrogen-bond acceptors (Lipinski definition) is 6. The van der Waals surface area contributed by atoms with Crippen LogP contribution in [0, 0.1) is 0 Å². The molecule has 0 bridgehead atoms. The van der Waals surface area contributed by atoms with Crippen molar-refractivity contribution in [2.75, 3.05) is 5.43 Å². The third kappa shape index (κ3) is 5.28. The summed E-state index contributed by atoms with van der Waals surface area (Å²) in [5.74, 6) is -0.580. The number of carbonyl (C=O) groups excluding carboxylic acids is 2. The van der Waals surface area contributed by atoms with E-state index >= 15 is 0 Å². The highest BCUT2D eigenvalue weighted by Gasteiger charge is 2.15. The van der Waals surface area contributed by atoms with Crippen LogP contribution in [-0.2, 0) is 4.79 Å². The van der Waals surface area contributed by atoms with Gasteiger partial charge in [-0.15, -0.1) is 0 Å². The lowest BCUT2D eigenvalue weighted by atomic mass is 10.2. The van der Waals surface area contributed by atoms with E-state index in [9.17, 15) is 9.59 Å². The molecule has 0 fully saturated rings. The van der Waals surface area contributed by atoms with Gasteiger partial charge in [-0.1, -0.05) is 30.3 Å². The van der Waals surface area contributed by atoms with Gasteiger partial charge in [0.1, 0.15) is 17.1 Å². The average Bonchev–Trinajstić information content (AvgIpc) is 2.70. The normalized spacial score (nSPS) is 10.5. The third-order valence-corrected chi connectivity index (χ3v) is 3.63. The molecule has 0 aliphatic rings. The molecular weight excluding hydrogens is 356 g/mol. The predicted octanol–water partition coefficient (Wildman–Crippen LogP) is 4.28. The van der Waals surface area contributed by atoms with Crippen LogP contribution < -0.4 is 14.9 Å². The molecule has 0 aliphatic carbocycles. The summed E-state index contributed by atoms with van der Waals surface area (Å²) in [6.45, 7) is 1.27. The van der Waals surface area contributed by atoms with Crippen LogP contribution in [0.4, 0.5) is 5.69 Å². The Morgan fingerprint density at radius 2 is 1.54 bits per heavy atom. The summed E-state index contributed by atoms with van der Waals surface area (Å²) in [5.41, 5.74) is 4.82. The Morgan fingerprint density at radius 1 is 0.857 bits per heavy atom. The van der Waals surface area contributed by atoms with Gasteiger partial charge < -0.3 is 9.47 Å². The molecule has 1 N–H and O–H groups in total. The van der Waals surface area contributed by atoms with Gasteiger partial charge in [-0.05, 0) is 54.1 Å². The third-order valence-electron chi connectivity index (χ3n) is 3.63. The highest BCUT2D eigenvalue weighted by atomic mass is 16.5. The molecule has 0 amide bonds. The van der Waals surface area contributed by atoms with Crippen LogP contribution in [0.15, 0.2) is 84.0 Å². The fraction of sp³-hybridized carbons (Fsp3) is 0.0455. The number of para-hydroxylation sites is 2. The van der Waals surface area contributed by atoms with Crippen LogP contribution in [0.1, 0.15) is 22.8 Å². The number of hydrazone groups is 1. The van der Waals surface area contributed by atoms with Crippen molar-refractivity contribution in [2.24, 2.45) is 5.10 Å². The Hall–Kier alpha value is -3.93. The fourth-order valence-corrected chi connectivity index (χ4v) is 2.36. The second-order valence-corrected chi connectivity index (χ2v) is 5.78. The van der Waals surface area contributed by atoms with Crippen LogP contribution in [0.5, 0.6) is 11.5 Å². The van der Waals surface area contributed by atoms with Gasteiger partial charge in [0.15, 0.2) is 0 Å². The standard InChI is InChI=1S/C22H18N2O4/c1-16(25)27-21-10-6-5-9-20(21)22(26)28-19-13-11-17(12-14-19)15-23-24-18-7-3-2-4-8-18/h2-15,24H,1H3/b23-15-. The van der Waals surface area contributed by atoms with Crippen molar-refractivity contribution in [1.29, 1.82) is 0 Å². The van der Waals surface area contributed by atoms with Crippen LogP contribution >= 0.6 is 0 Å². The number of rotatable bonds is 6. The lowest BCUT2D eigenvalue weighted by molar-refractivity contribution is -0.131. The molecule has 0 atom stereocenters. The maximum atomic E-state index is 12.4. The Labute approximate surface area is 162 Å². The fourth-order valence-electron chi connectivity index (χ4n) is 2.36. The van der Waals surface area contributed by atoms with Crippen LogP contribution in [-0.4, -0.2) is 18.2 Å². The summed E-state index contributed by atoms with van der Waals surface area (Å²) < 4.78 is 10.4. The molecule has 28 heavy (non-hydrogen) atoms. The van der Waals surface area contributed by atoms with Crippen LogP contribution in [0.25, 0.3) is 0 Å². The second kappa shape index (κ2) is 9.14. The molecule has 0 aromatic heterocycles. The van der Waals surface area contributed by atoms with Crippen molar-refractivity contribution in [3.05, 3.63) is 90.0 Å². The summed E-state index contributed by atoms with van der Waals surface area (Å²) in [4.78, 5) is 23.5. The first-order valence-corrected chi connectivity index (χ1v) is 8.55. The number of carbonyl (C=O) groups is 2.